The number of carbonyl (C=O) groups is 2. The predicted molar refractivity (Wildman–Crippen MR) is 110 cm³/mol. The molecule has 0 atom stereocenters. The maximum Gasteiger partial charge on any atom is 0.251 e. The summed E-state index contributed by atoms with van der Waals surface area (Å²) >= 11 is 0. The molecule has 7 nitrogen and oxygen atoms in total. The first-order valence-electron chi connectivity index (χ1n) is 9.57. The van der Waals surface area contributed by atoms with Crippen molar-refractivity contribution in [3.63, 3.8) is 0 Å². The van der Waals surface area contributed by atoms with Gasteiger partial charge in [-0.15, -0.1) is 0 Å². The highest BCUT2D eigenvalue weighted by Gasteiger charge is 2.31. The van der Waals surface area contributed by atoms with Crippen LogP contribution in [0.1, 0.15) is 21.5 Å². The van der Waals surface area contributed by atoms with Gasteiger partial charge in [-0.1, -0.05) is 18.2 Å². The quantitative estimate of drug-likeness (QED) is 0.778. The highest BCUT2D eigenvalue weighted by molar-refractivity contribution is 7.89. The van der Waals surface area contributed by atoms with Gasteiger partial charge in [-0.05, 0) is 49.2 Å². The molecule has 2 aromatic rings. The predicted octanol–water partition coefficient (Wildman–Crippen LogP) is 1.71. The summed E-state index contributed by atoms with van der Waals surface area (Å²) in [6.07, 6.45) is 0. The van der Waals surface area contributed by atoms with Crippen molar-refractivity contribution < 1.29 is 22.4 Å². The standard InChI is InChI=1S/C21H24FN3O4S/c1-15-6-7-16(2)19(12-15)30(28,29)25-10-8-24(9-11-25)20(26)14-23-21(27)17-4-3-5-18(22)13-17/h3-7,12-13H,8-11,14H2,1-2H3,(H,23,27). The molecule has 0 aromatic heterocycles. The number of piperazine rings is 1. The van der Waals surface area contributed by atoms with Crippen LogP contribution in [-0.2, 0) is 14.8 Å². The molecule has 0 radical (unpaired) electrons. The zero-order valence-electron chi connectivity index (χ0n) is 16.9. The molecule has 160 valence electrons. The first kappa shape index (κ1) is 21.9. The van der Waals surface area contributed by atoms with Gasteiger partial charge in [-0.3, -0.25) is 9.59 Å². The van der Waals surface area contributed by atoms with Gasteiger partial charge in [0, 0.05) is 31.7 Å². The lowest BCUT2D eigenvalue weighted by molar-refractivity contribution is -0.131. The van der Waals surface area contributed by atoms with Gasteiger partial charge >= 0.3 is 0 Å². The molecule has 30 heavy (non-hydrogen) atoms. The lowest BCUT2D eigenvalue weighted by atomic mass is 10.2. The molecule has 1 aliphatic rings. The van der Waals surface area contributed by atoms with Gasteiger partial charge in [0.05, 0.1) is 11.4 Å². The second-order valence-corrected chi connectivity index (χ2v) is 9.15. The summed E-state index contributed by atoms with van der Waals surface area (Å²) in [5.41, 5.74) is 1.67. The molecule has 1 N–H and O–H groups in total. The molecule has 9 heteroatoms. The summed E-state index contributed by atoms with van der Waals surface area (Å²) in [7, 11) is -3.64. The van der Waals surface area contributed by atoms with Crippen molar-refractivity contribution in [3.8, 4) is 0 Å². The van der Waals surface area contributed by atoms with E-state index in [9.17, 15) is 22.4 Å². The Morgan fingerprint density at radius 3 is 2.40 bits per heavy atom. The number of benzene rings is 2. The average molecular weight is 434 g/mol. The topological polar surface area (TPSA) is 86.8 Å². The third-order valence-electron chi connectivity index (χ3n) is 5.04. The van der Waals surface area contributed by atoms with Crippen LogP contribution in [0.4, 0.5) is 4.39 Å². The summed E-state index contributed by atoms with van der Waals surface area (Å²) in [6, 6.07) is 10.5. The Morgan fingerprint density at radius 2 is 1.73 bits per heavy atom. The third-order valence-corrected chi connectivity index (χ3v) is 7.08. The van der Waals surface area contributed by atoms with Crippen LogP contribution in [0.5, 0.6) is 0 Å². The van der Waals surface area contributed by atoms with Crippen LogP contribution in [0.15, 0.2) is 47.4 Å². The van der Waals surface area contributed by atoms with E-state index in [-0.39, 0.29) is 49.1 Å². The van der Waals surface area contributed by atoms with Crippen LogP contribution < -0.4 is 5.32 Å². The zero-order chi connectivity index (χ0) is 21.9. The molecule has 0 unspecified atom stereocenters. The molecular formula is C21H24FN3O4S. The fraction of sp³-hybridized carbons (Fsp3) is 0.333. The van der Waals surface area contributed by atoms with Crippen molar-refractivity contribution in [1.82, 2.24) is 14.5 Å². The van der Waals surface area contributed by atoms with Crippen molar-refractivity contribution in [1.29, 1.82) is 0 Å². The monoisotopic (exact) mass is 433 g/mol. The minimum Gasteiger partial charge on any atom is -0.343 e. The Hall–Kier alpha value is -2.78. The van der Waals surface area contributed by atoms with Crippen molar-refractivity contribution in [2.24, 2.45) is 0 Å². The first-order chi connectivity index (χ1) is 14.2. The Morgan fingerprint density at radius 1 is 1.03 bits per heavy atom. The molecule has 1 fully saturated rings. The number of amides is 2. The van der Waals surface area contributed by atoms with Crippen molar-refractivity contribution >= 4 is 21.8 Å². The van der Waals surface area contributed by atoms with E-state index < -0.39 is 21.7 Å². The minimum absolute atomic E-state index is 0.132. The van der Waals surface area contributed by atoms with Crippen LogP contribution in [-0.4, -0.2) is 62.2 Å². The van der Waals surface area contributed by atoms with Gasteiger partial charge in [-0.2, -0.15) is 4.31 Å². The maximum absolute atomic E-state index is 13.2. The SMILES string of the molecule is Cc1ccc(C)c(S(=O)(=O)N2CCN(C(=O)CNC(=O)c3cccc(F)c3)CC2)c1. The van der Waals surface area contributed by atoms with Crippen LogP contribution >= 0.6 is 0 Å². The van der Waals surface area contributed by atoms with Crippen molar-refractivity contribution in [2.45, 2.75) is 18.7 Å². The largest absolute Gasteiger partial charge is 0.343 e. The van der Waals surface area contributed by atoms with Crippen LogP contribution in [0.25, 0.3) is 0 Å². The minimum atomic E-state index is -3.64. The number of halogens is 1. The van der Waals surface area contributed by atoms with Gasteiger partial charge < -0.3 is 10.2 Å². The molecular weight excluding hydrogens is 409 g/mol. The fourth-order valence-corrected chi connectivity index (χ4v) is 5.03. The number of rotatable bonds is 5. The number of sulfonamides is 1. The molecule has 1 aliphatic heterocycles. The fourth-order valence-electron chi connectivity index (χ4n) is 3.30. The Bertz CT molecular complexity index is 1060. The van der Waals surface area contributed by atoms with E-state index >= 15 is 0 Å². The van der Waals surface area contributed by atoms with Crippen molar-refractivity contribution in [2.75, 3.05) is 32.7 Å². The molecule has 0 bridgehead atoms. The molecule has 0 spiro atoms. The van der Waals surface area contributed by atoms with E-state index in [0.29, 0.717) is 5.56 Å². The lowest BCUT2D eigenvalue weighted by Gasteiger charge is -2.34. The summed E-state index contributed by atoms with van der Waals surface area (Å²) in [5, 5.41) is 2.48. The second-order valence-electron chi connectivity index (χ2n) is 7.25. The van der Waals surface area contributed by atoms with Crippen LogP contribution in [0, 0.1) is 19.7 Å². The number of aryl methyl sites for hydroxylation is 2. The highest BCUT2D eigenvalue weighted by Crippen LogP contribution is 2.22. The molecule has 1 heterocycles. The summed E-state index contributed by atoms with van der Waals surface area (Å²) in [6.45, 7) is 4.19. The third kappa shape index (κ3) is 4.85. The maximum atomic E-state index is 13.2. The van der Waals surface area contributed by atoms with E-state index in [0.717, 1.165) is 11.6 Å². The normalized spacial score (nSPS) is 15.1. The molecule has 2 aromatic carbocycles. The number of carbonyl (C=O) groups excluding carboxylic acids is 2. The van der Waals surface area contributed by atoms with Crippen LogP contribution in [0.3, 0.4) is 0 Å². The highest BCUT2D eigenvalue weighted by atomic mass is 32.2. The average Bonchev–Trinajstić information content (AvgIpc) is 2.73. The molecule has 0 saturated carbocycles. The summed E-state index contributed by atoms with van der Waals surface area (Å²) in [4.78, 5) is 26.2. The van der Waals surface area contributed by atoms with Gasteiger partial charge in [0.2, 0.25) is 15.9 Å². The molecule has 3 rings (SSSR count). The molecule has 1 saturated heterocycles. The number of nitrogens with one attached hydrogen (secondary N) is 1. The molecule has 0 aliphatic carbocycles. The van der Waals surface area contributed by atoms with Gasteiger partial charge in [0.1, 0.15) is 5.82 Å². The Labute approximate surface area is 175 Å². The number of nitrogens with zero attached hydrogens (tertiary/aromatic N) is 2. The number of hydrogen-bond acceptors (Lipinski definition) is 4. The zero-order valence-corrected chi connectivity index (χ0v) is 17.7. The Kier molecular flexibility index (Phi) is 6.52. The van der Waals surface area contributed by atoms with E-state index in [1.807, 2.05) is 13.0 Å². The lowest BCUT2D eigenvalue weighted by Crippen LogP contribution is -2.52. The first-order valence-corrected chi connectivity index (χ1v) is 11.0. The summed E-state index contributed by atoms with van der Waals surface area (Å²) in [5.74, 6) is -1.39. The summed E-state index contributed by atoms with van der Waals surface area (Å²) < 4.78 is 40.5. The molecule has 2 amide bonds. The van der Waals surface area contributed by atoms with E-state index in [1.54, 1.807) is 19.1 Å². The van der Waals surface area contributed by atoms with Gasteiger partial charge in [-0.25, -0.2) is 12.8 Å². The van der Waals surface area contributed by atoms with Gasteiger partial charge in [0.15, 0.2) is 0 Å². The Balaban J connectivity index is 1.56. The van der Waals surface area contributed by atoms with E-state index in [1.165, 1.54) is 27.4 Å². The smallest absolute Gasteiger partial charge is 0.251 e. The second kappa shape index (κ2) is 8.93. The van der Waals surface area contributed by atoms with E-state index in [2.05, 4.69) is 5.32 Å². The van der Waals surface area contributed by atoms with Crippen molar-refractivity contribution in [3.05, 3.63) is 65.0 Å². The number of hydrogen-bond donors (Lipinski definition) is 1. The van der Waals surface area contributed by atoms with E-state index in [4.69, 9.17) is 0 Å². The van der Waals surface area contributed by atoms with Gasteiger partial charge in [0.25, 0.3) is 5.91 Å². The van der Waals surface area contributed by atoms with Crippen LogP contribution in [0.2, 0.25) is 0 Å².